The van der Waals surface area contributed by atoms with Gasteiger partial charge in [-0.1, -0.05) is 60.2 Å². The molecule has 5 rings (SSSR count). The first-order valence-electron chi connectivity index (χ1n) is 12.4. The van der Waals surface area contributed by atoms with Crippen molar-refractivity contribution < 1.29 is 18.7 Å². The second-order valence-corrected chi connectivity index (χ2v) is 9.23. The number of hydrogen-bond acceptors (Lipinski definition) is 4. The van der Waals surface area contributed by atoms with Gasteiger partial charge in [0.1, 0.15) is 11.5 Å². The molecule has 0 spiro atoms. The molecular formula is C32H26FN3O3. The van der Waals surface area contributed by atoms with Crippen LogP contribution in [0.15, 0.2) is 97.1 Å². The number of amides is 1. The molecule has 194 valence electrons. The number of anilines is 1. The molecule has 0 saturated heterocycles. The quantitative estimate of drug-likeness (QED) is 0.242. The first-order valence-corrected chi connectivity index (χ1v) is 12.4. The molecule has 6 nitrogen and oxygen atoms in total. The molecular weight excluding hydrogens is 493 g/mol. The molecule has 7 heteroatoms. The number of nitrogens with zero attached hydrogens (tertiary/aromatic N) is 2. The predicted molar refractivity (Wildman–Crippen MR) is 150 cm³/mol. The number of aromatic nitrogens is 2. The van der Waals surface area contributed by atoms with Crippen LogP contribution in [-0.4, -0.2) is 21.7 Å². The summed E-state index contributed by atoms with van der Waals surface area (Å²) in [5.41, 5.74) is 5.98. The summed E-state index contributed by atoms with van der Waals surface area (Å²) in [6.07, 6.45) is 0. The minimum atomic E-state index is -0.516. The van der Waals surface area contributed by atoms with Gasteiger partial charge in [-0.05, 0) is 67.4 Å². The molecule has 0 aliphatic rings. The summed E-state index contributed by atoms with van der Waals surface area (Å²) in [6.45, 7) is 5.18. The summed E-state index contributed by atoms with van der Waals surface area (Å²) in [6, 6.07) is 28.2. The first kappa shape index (κ1) is 25.6. The molecule has 5 aromatic rings. The van der Waals surface area contributed by atoms with Gasteiger partial charge in [-0.3, -0.25) is 9.59 Å². The molecule has 1 amide bonds. The number of halogens is 1. The largest absolute Gasteiger partial charge is 0.407 e. The maximum atomic E-state index is 14.3. The highest BCUT2D eigenvalue weighted by Crippen LogP contribution is 2.41. The molecule has 4 aromatic carbocycles. The molecule has 1 heterocycles. The molecule has 1 aromatic heterocycles. The van der Waals surface area contributed by atoms with E-state index >= 15 is 0 Å². The predicted octanol–water partition coefficient (Wildman–Crippen LogP) is 7.14. The number of ether oxygens (including phenoxy) is 1. The fraction of sp³-hybridized carbons (Fsp3) is 0.0938. The standard InChI is InChI=1S/C32H26FN3O3/c1-20-11-17-27(18-12-20)36-32(39-22(3)37)29(30(35-36)24-8-6-9-25(33)19-24)23-13-15-26(16-14-23)34-31(38)28-10-5-4-7-21(28)2/h4-19H,1-3H3,(H,34,38). The summed E-state index contributed by atoms with van der Waals surface area (Å²) >= 11 is 0. The minimum absolute atomic E-state index is 0.210. The Morgan fingerprint density at radius 3 is 2.23 bits per heavy atom. The van der Waals surface area contributed by atoms with Crippen LogP contribution in [0.5, 0.6) is 5.88 Å². The summed E-state index contributed by atoms with van der Waals surface area (Å²) in [5, 5.41) is 7.69. The summed E-state index contributed by atoms with van der Waals surface area (Å²) in [5.74, 6) is -0.930. The second-order valence-electron chi connectivity index (χ2n) is 9.23. The SMILES string of the molecule is CC(=O)Oc1c(-c2ccc(NC(=O)c3ccccc3C)cc2)c(-c2cccc(F)c2)nn1-c1ccc(C)cc1. The van der Waals surface area contributed by atoms with Crippen molar-refractivity contribution in [3.8, 4) is 34.0 Å². The van der Waals surface area contributed by atoms with Gasteiger partial charge in [0.05, 0.1) is 11.3 Å². The van der Waals surface area contributed by atoms with Crippen LogP contribution in [0.25, 0.3) is 28.1 Å². The normalized spacial score (nSPS) is 10.8. The number of nitrogens with one attached hydrogen (secondary N) is 1. The Bertz CT molecular complexity index is 1670. The van der Waals surface area contributed by atoms with Crippen molar-refractivity contribution in [2.45, 2.75) is 20.8 Å². The Morgan fingerprint density at radius 1 is 0.846 bits per heavy atom. The Labute approximate surface area is 225 Å². The van der Waals surface area contributed by atoms with Crippen LogP contribution >= 0.6 is 0 Å². The third kappa shape index (κ3) is 5.48. The molecule has 0 fully saturated rings. The minimum Gasteiger partial charge on any atom is -0.407 e. The van der Waals surface area contributed by atoms with Crippen molar-refractivity contribution in [3.63, 3.8) is 0 Å². The van der Waals surface area contributed by atoms with Gasteiger partial charge in [0.2, 0.25) is 5.88 Å². The van der Waals surface area contributed by atoms with Gasteiger partial charge in [-0.2, -0.15) is 9.78 Å². The lowest BCUT2D eigenvalue weighted by Gasteiger charge is -2.11. The van der Waals surface area contributed by atoms with E-state index in [9.17, 15) is 14.0 Å². The Kier molecular flexibility index (Phi) is 7.06. The number of carbonyl (C=O) groups excluding carboxylic acids is 2. The van der Waals surface area contributed by atoms with Crippen molar-refractivity contribution >= 4 is 17.6 Å². The van der Waals surface area contributed by atoms with Gasteiger partial charge < -0.3 is 10.1 Å². The second kappa shape index (κ2) is 10.8. The van der Waals surface area contributed by atoms with E-state index in [2.05, 4.69) is 5.32 Å². The zero-order chi connectivity index (χ0) is 27.5. The Morgan fingerprint density at radius 2 is 1.56 bits per heavy atom. The molecule has 0 bridgehead atoms. The fourth-order valence-corrected chi connectivity index (χ4v) is 4.34. The van der Waals surface area contributed by atoms with Gasteiger partial charge in [-0.15, -0.1) is 0 Å². The highest BCUT2D eigenvalue weighted by atomic mass is 19.1. The number of rotatable bonds is 6. The third-order valence-electron chi connectivity index (χ3n) is 6.28. The van der Waals surface area contributed by atoms with Crippen LogP contribution in [0.3, 0.4) is 0 Å². The number of esters is 1. The van der Waals surface area contributed by atoms with E-state index in [-0.39, 0.29) is 11.8 Å². The van der Waals surface area contributed by atoms with E-state index in [4.69, 9.17) is 9.84 Å². The molecule has 0 aliphatic carbocycles. The zero-order valence-corrected chi connectivity index (χ0v) is 21.7. The molecule has 0 unspecified atom stereocenters. The van der Waals surface area contributed by atoms with E-state index in [1.165, 1.54) is 19.1 Å². The van der Waals surface area contributed by atoms with Crippen molar-refractivity contribution in [2.24, 2.45) is 0 Å². The number of benzene rings is 4. The zero-order valence-electron chi connectivity index (χ0n) is 21.7. The van der Waals surface area contributed by atoms with Crippen LogP contribution in [-0.2, 0) is 4.79 Å². The van der Waals surface area contributed by atoms with Crippen LogP contribution < -0.4 is 10.1 Å². The summed E-state index contributed by atoms with van der Waals surface area (Å²) in [4.78, 5) is 25.0. The lowest BCUT2D eigenvalue weighted by molar-refractivity contribution is -0.132. The maximum absolute atomic E-state index is 14.3. The van der Waals surface area contributed by atoms with E-state index in [0.29, 0.717) is 39.3 Å². The fourth-order valence-electron chi connectivity index (χ4n) is 4.34. The maximum Gasteiger partial charge on any atom is 0.309 e. The van der Waals surface area contributed by atoms with E-state index in [1.54, 1.807) is 47.1 Å². The van der Waals surface area contributed by atoms with Gasteiger partial charge in [-0.25, -0.2) is 4.39 Å². The van der Waals surface area contributed by atoms with Crippen molar-refractivity contribution in [2.75, 3.05) is 5.32 Å². The molecule has 0 radical (unpaired) electrons. The Hall–Kier alpha value is -5.04. The Balaban J connectivity index is 1.62. The van der Waals surface area contributed by atoms with Crippen LogP contribution in [0, 0.1) is 19.7 Å². The lowest BCUT2D eigenvalue weighted by atomic mass is 10.0. The smallest absolute Gasteiger partial charge is 0.309 e. The molecule has 0 aliphatic heterocycles. The van der Waals surface area contributed by atoms with Crippen LogP contribution in [0.2, 0.25) is 0 Å². The van der Waals surface area contributed by atoms with Crippen LogP contribution in [0.4, 0.5) is 10.1 Å². The molecule has 0 atom stereocenters. The summed E-state index contributed by atoms with van der Waals surface area (Å²) < 4.78 is 21.5. The number of hydrogen-bond donors (Lipinski definition) is 1. The summed E-state index contributed by atoms with van der Waals surface area (Å²) in [7, 11) is 0. The van der Waals surface area contributed by atoms with E-state index in [0.717, 1.165) is 11.1 Å². The first-order chi connectivity index (χ1) is 18.8. The van der Waals surface area contributed by atoms with Gasteiger partial charge in [0.15, 0.2) is 0 Å². The van der Waals surface area contributed by atoms with Crippen molar-refractivity contribution in [1.82, 2.24) is 9.78 Å². The van der Waals surface area contributed by atoms with Gasteiger partial charge in [0.25, 0.3) is 5.91 Å². The molecule has 1 N–H and O–H groups in total. The van der Waals surface area contributed by atoms with Crippen molar-refractivity contribution in [3.05, 3.63) is 120 Å². The van der Waals surface area contributed by atoms with Gasteiger partial charge >= 0.3 is 5.97 Å². The number of carbonyl (C=O) groups is 2. The van der Waals surface area contributed by atoms with E-state index in [1.807, 2.05) is 56.3 Å². The highest BCUT2D eigenvalue weighted by molar-refractivity contribution is 6.05. The average molecular weight is 520 g/mol. The third-order valence-corrected chi connectivity index (χ3v) is 6.28. The van der Waals surface area contributed by atoms with Crippen molar-refractivity contribution in [1.29, 1.82) is 0 Å². The monoisotopic (exact) mass is 519 g/mol. The van der Waals surface area contributed by atoms with E-state index < -0.39 is 11.8 Å². The highest BCUT2D eigenvalue weighted by Gasteiger charge is 2.25. The average Bonchev–Trinajstić information content (AvgIpc) is 3.28. The molecule has 39 heavy (non-hydrogen) atoms. The van der Waals surface area contributed by atoms with Gasteiger partial charge in [0, 0.05) is 23.7 Å². The molecule has 0 saturated carbocycles. The number of aryl methyl sites for hydroxylation is 2. The van der Waals surface area contributed by atoms with Crippen LogP contribution in [0.1, 0.15) is 28.4 Å². The lowest BCUT2D eigenvalue weighted by Crippen LogP contribution is -2.13. The topological polar surface area (TPSA) is 73.2 Å².